The molecule has 10 nitrogen and oxygen atoms in total. The maximum Gasteiger partial charge on any atom is 0.270 e. The second kappa shape index (κ2) is 9.70. The van der Waals surface area contributed by atoms with Crippen molar-refractivity contribution in [2.45, 2.75) is 6.42 Å². The Morgan fingerprint density at radius 3 is 2.74 bits per heavy atom. The van der Waals surface area contributed by atoms with Crippen molar-refractivity contribution < 1.29 is 9.21 Å². The predicted molar refractivity (Wildman–Crippen MR) is 129 cm³/mol. The molecule has 35 heavy (non-hydrogen) atoms. The van der Waals surface area contributed by atoms with Crippen molar-refractivity contribution in [1.29, 1.82) is 5.26 Å². The Labute approximate surface area is 201 Å². The van der Waals surface area contributed by atoms with E-state index in [-0.39, 0.29) is 23.3 Å². The minimum atomic E-state index is -0.0971. The van der Waals surface area contributed by atoms with Crippen molar-refractivity contribution in [1.82, 2.24) is 30.4 Å². The summed E-state index contributed by atoms with van der Waals surface area (Å²) in [6.07, 6.45) is 2.37. The molecule has 0 aliphatic carbocycles. The summed E-state index contributed by atoms with van der Waals surface area (Å²) in [7, 11) is 0. The zero-order valence-corrected chi connectivity index (χ0v) is 18.8. The molecule has 0 saturated carbocycles. The van der Waals surface area contributed by atoms with E-state index in [0.29, 0.717) is 41.4 Å². The van der Waals surface area contributed by atoms with Gasteiger partial charge in [0.15, 0.2) is 11.5 Å². The fourth-order valence-electron chi connectivity index (χ4n) is 3.93. The van der Waals surface area contributed by atoms with Gasteiger partial charge in [0.05, 0.1) is 23.5 Å². The van der Waals surface area contributed by atoms with Crippen LogP contribution in [0.3, 0.4) is 0 Å². The van der Waals surface area contributed by atoms with E-state index in [0.717, 1.165) is 25.1 Å². The summed E-state index contributed by atoms with van der Waals surface area (Å²) in [5, 5.41) is 21.3. The lowest BCUT2D eigenvalue weighted by atomic mass is 10.0. The van der Waals surface area contributed by atoms with E-state index in [1.807, 2.05) is 30.3 Å². The van der Waals surface area contributed by atoms with Crippen molar-refractivity contribution in [3.05, 3.63) is 65.9 Å². The number of nitrogens with two attached hydrogens (primary N) is 1. The molecule has 0 unspecified atom stereocenters. The lowest BCUT2D eigenvalue weighted by Crippen LogP contribution is -2.34. The molecule has 1 saturated heterocycles. The summed E-state index contributed by atoms with van der Waals surface area (Å²) < 4.78 is 5.79. The first-order valence-corrected chi connectivity index (χ1v) is 11.2. The zero-order chi connectivity index (χ0) is 24.2. The van der Waals surface area contributed by atoms with Crippen molar-refractivity contribution in [2.75, 3.05) is 31.9 Å². The lowest BCUT2D eigenvalue weighted by molar-refractivity contribution is 0.0766. The van der Waals surface area contributed by atoms with E-state index in [1.165, 1.54) is 6.20 Å². The van der Waals surface area contributed by atoms with Crippen LogP contribution in [0.5, 0.6) is 0 Å². The Balaban J connectivity index is 1.47. The van der Waals surface area contributed by atoms with Crippen molar-refractivity contribution in [3.63, 3.8) is 0 Å². The number of nitriles is 1. The number of nitrogens with zero attached hydrogens (tertiary/aromatic N) is 6. The third-order valence-corrected chi connectivity index (χ3v) is 5.74. The van der Waals surface area contributed by atoms with Gasteiger partial charge in [0, 0.05) is 36.3 Å². The molecule has 174 valence electrons. The number of rotatable bonds is 4. The Hall–Kier alpha value is -4.62. The van der Waals surface area contributed by atoms with Crippen molar-refractivity contribution in [3.8, 4) is 40.4 Å². The highest BCUT2D eigenvalue weighted by Crippen LogP contribution is 2.29. The van der Waals surface area contributed by atoms with Gasteiger partial charge in [0.1, 0.15) is 0 Å². The van der Waals surface area contributed by atoms with E-state index in [9.17, 15) is 10.1 Å². The summed E-state index contributed by atoms with van der Waals surface area (Å²) in [4.78, 5) is 23.6. The predicted octanol–water partition coefficient (Wildman–Crippen LogP) is 2.75. The molecule has 1 amide bonds. The Bertz CT molecular complexity index is 1400. The van der Waals surface area contributed by atoms with Crippen LogP contribution in [0.2, 0.25) is 0 Å². The molecule has 10 heteroatoms. The van der Waals surface area contributed by atoms with Gasteiger partial charge in [-0.1, -0.05) is 24.3 Å². The maximum atomic E-state index is 13.0. The lowest BCUT2D eigenvalue weighted by Gasteiger charge is -2.20. The number of anilines is 1. The number of carbonyl (C=O) groups excluding carboxylic acids is 1. The molecule has 4 aromatic rings. The minimum Gasteiger partial charge on any atom is -0.414 e. The highest BCUT2D eigenvalue weighted by atomic mass is 16.4. The number of nitrogens with one attached hydrogen (secondary N) is 1. The van der Waals surface area contributed by atoms with E-state index < -0.39 is 0 Å². The summed E-state index contributed by atoms with van der Waals surface area (Å²) in [5.74, 6) is 0.476. The van der Waals surface area contributed by atoms with Crippen LogP contribution in [0, 0.1) is 11.3 Å². The fraction of sp³-hybridized carbons (Fsp3) is 0.200. The first kappa shape index (κ1) is 22.2. The van der Waals surface area contributed by atoms with Gasteiger partial charge in [-0.25, -0.2) is 9.97 Å². The summed E-state index contributed by atoms with van der Waals surface area (Å²) >= 11 is 0. The number of benzene rings is 2. The smallest absolute Gasteiger partial charge is 0.270 e. The third-order valence-electron chi connectivity index (χ3n) is 5.74. The molecule has 3 N–H and O–H groups in total. The molecule has 5 rings (SSSR count). The van der Waals surface area contributed by atoms with Crippen LogP contribution in [0.15, 0.2) is 59.1 Å². The Morgan fingerprint density at radius 2 is 1.91 bits per heavy atom. The number of hydrogen-bond acceptors (Lipinski definition) is 9. The first-order valence-electron chi connectivity index (χ1n) is 11.2. The highest BCUT2D eigenvalue weighted by molar-refractivity contribution is 5.95. The molecule has 2 aromatic carbocycles. The number of hydrogen-bond donors (Lipinski definition) is 2. The van der Waals surface area contributed by atoms with Crippen LogP contribution in [-0.4, -0.2) is 57.2 Å². The largest absolute Gasteiger partial charge is 0.414 e. The Kier molecular flexibility index (Phi) is 6.15. The topological polar surface area (TPSA) is 147 Å². The number of amides is 1. The molecule has 1 aliphatic heterocycles. The molecule has 1 aliphatic rings. The summed E-state index contributed by atoms with van der Waals surface area (Å²) in [6, 6.07) is 16.5. The third kappa shape index (κ3) is 4.58. The van der Waals surface area contributed by atoms with Gasteiger partial charge in [-0.2, -0.15) is 5.26 Å². The quantitative estimate of drug-likeness (QED) is 0.463. The number of carbonyl (C=O) groups is 1. The van der Waals surface area contributed by atoms with Gasteiger partial charge in [0.2, 0.25) is 5.89 Å². The van der Waals surface area contributed by atoms with E-state index >= 15 is 0 Å². The normalized spacial score (nSPS) is 13.7. The molecule has 3 heterocycles. The summed E-state index contributed by atoms with van der Waals surface area (Å²) in [6.45, 7) is 2.94. The van der Waals surface area contributed by atoms with E-state index in [1.54, 1.807) is 23.1 Å². The average molecular weight is 467 g/mol. The molecule has 0 bridgehead atoms. The van der Waals surface area contributed by atoms with E-state index in [4.69, 9.17) is 10.2 Å². The second-order valence-electron chi connectivity index (χ2n) is 8.04. The molecular weight excluding hydrogens is 444 g/mol. The van der Waals surface area contributed by atoms with Gasteiger partial charge in [-0.3, -0.25) is 4.79 Å². The minimum absolute atomic E-state index is 0.0971. The zero-order valence-electron chi connectivity index (χ0n) is 18.8. The first-order chi connectivity index (χ1) is 17.1. The molecular formula is C25H22N8O2. The van der Waals surface area contributed by atoms with Crippen LogP contribution in [-0.2, 0) is 0 Å². The number of nitrogen functional groups attached to an aromatic ring is 1. The van der Waals surface area contributed by atoms with Crippen LogP contribution >= 0.6 is 0 Å². The molecule has 1 fully saturated rings. The van der Waals surface area contributed by atoms with Crippen LogP contribution < -0.4 is 11.1 Å². The molecule has 0 atom stereocenters. The summed E-state index contributed by atoms with van der Waals surface area (Å²) in [5.41, 5.74) is 8.74. The Morgan fingerprint density at radius 1 is 1.09 bits per heavy atom. The van der Waals surface area contributed by atoms with Crippen LogP contribution in [0.1, 0.15) is 22.3 Å². The van der Waals surface area contributed by atoms with Gasteiger partial charge >= 0.3 is 0 Å². The standard InChI is InChI=1S/C25H22N8O2/c26-14-18-13-17(25(34)33-11-4-9-28-10-12-33)7-8-19(18)20-15-29-22(27)21(30-20)24-32-31-23(35-24)16-5-2-1-3-6-16/h1-3,5-8,13,15,28H,4,9-12H2,(H2,27,29). The van der Waals surface area contributed by atoms with Gasteiger partial charge in [0.25, 0.3) is 11.8 Å². The maximum absolute atomic E-state index is 13.0. The molecule has 0 radical (unpaired) electrons. The van der Waals surface area contributed by atoms with Crippen molar-refractivity contribution >= 4 is 11.7 Å². The van der Waals surface area contributed by atoms with Gasteiger partial charge in [-0.05, 0) is 37.2 Å². The number of aromatic nitrogens is 4. The average Bonchev–Trinajstić information content (AvgIpc) is 3.23. The second-order valence-corrected chi connectivity index (χ2v) is 8.04. The fourth-order valence-corrected chi connectivity index (χ4v) is 3.93. The monoisotopic (exact) mass is 466 g/mol. The molecule has 2 aromatic heterocycles. The van der Waals surface area contributed by atoms with E-state index in [2.05, 4.69) is 31.6 Å². The van der Waals surface area contributed by atoms with Crippen LogP contribution in [0.25, 0.3) is 34.3 Å². The molecule has 0 spiro atoms. The van der Waals surface area contributed by atoms with Crippen molar-refractivity contribution in [2.24, 2.45) is 0 Å². The highest BCUT2D eigenvalue weighted by Gasteiger charge is 2.21. The van der Waals surface area contributed by atoms with Crippen LogP contribution in [0.4, 0.5) is 5.82 Å². The van der Waals surface area contributed by atoms with Gasteiger partial charge in [-0.15, -0.1) is 10.2 Å². The SMILES string of the molecule is N#Cc1cc(C(=O)N2CCCNCC2)ccc1-c1cnc(N)c(-c2nnc(-c3ccccc3)o2)n1. The van der Waals surface area contributed by atoms with Gasteiger partial charge < -0.3 is 20.4 Å².